The third kappa shape index (κ3) is 4.50. The number of rotatable bonds is 7. The van der Waals surface area contributed by atoms with Crippen LogP contribution in [0.2, 0.25) is 0 Å². The van der Waals surface area contributed by atoms with Gasteiger partial charge in [0.2, 0.25) is 0 Å². The summed E-state index contributed by atoms with van der Waals surface area (Å²) >= 11 is 0. The molecule has 0 aliphatic heterocycles. The topological polar surface area (TPSA) is 29.1 Å². The predicted molar refractivity (Wildman–Crippen MR) is 50.1 cm³/mol. The molecule has 70 valence electrons. The first kappa shape index (κ1) is 9.72. The molecule has 0 atom stereocenters. The molecule has 2 nitrogen and oxygen atoms in total. The van der Waals surface area contributed by atoms with E-state index in [0.29, 0.717) is 12.3 Å². The highest BCUT2D eigenvalue weighted by atomic mass is 16.1. The van der Waals surface area contributed by atoms with E-state index in [-0.39, 0.29) is 0 Å². The van der Waals surface area contributed by atoms with Crippen molar-refractivity contribution in [3.05, 3.63) is 0 Å². The van der Waals surface area contributed by atoms with E-state index in [4.69, 9.17) is 0 Å². The van der Waals surface area contributed by atoms with Crippen LogP contribution in [0.1, 0.15) is 39.0 Å². The summed E-state index contributed by atoms with van der Waals surface area (Å²) in [5, 5.41) is 3.21. The van der Waals surface area contributed by atoms with E-state index < -0.39 is 0 Å². The van der Waals surface area contributed by atoms with Crippen molar-refractivity contribution in [3.8, 4) is 0 Å². The number of ketones is 1. The summed E-state index contributed by atoms with van der Waals surface area (Å²) < 4.78 is 0. The molecular formula is C10H19NO. The number of hydrogen-bond donors (Lipinski definition) is 1. The molecule has 0 heterocycles. The normalized spacial score (nSPS) is 16.4. The van der Waals surface area contributed by atoms with Crippen LogP contribution < -0.4 is 5.32 Å². The highest BCUT2D eigenvalue weighted by molar-refractivity contribution is 5.80. The van der Waals surface area contributed by atoms with Crippen LogP contribution in [0, 0.1) is 5.92 Å². The van der Waals surface area contributed by atoms with Crippen LogP contribution in [0.25, 0.3) is 0 Å². The zero-order chi connectivity index (χ0) is 8.81. The van der Waals surface area contributed by atoms with Crippen molar-refractivity contribution in [1.29, 1.82) is 0 Å². The van der Waals surface area contributed by atoms with E-state index in [9.17, 15) is 4.79 Å². The monoisotopic (exact) mass is 169 g/mol. The minimum Gasteiger partial charge on any atom is -0.310 e. The molecule has 0 aromatic carbocycles. The first-order valence-electron chi connectivity index (χ1n) is 5.05. The van der Waals surface area contributed by atoms with Gasteiger partial charge in [-0.05, 0) is 31.7 Å². The van der Waals surface area contributed by atoms with E-state index in [1.807, 2.05) is 0 Å². The number of unbranched alkanes of at least 4 members (excludes halogenated alkanes) is 1. The number of nitrogens with one attached hydrogen (secondary N) is 1. The van der Waals surface area contributed by atoms with Gasteiger partial charge in [-0.25, -0.2) is 0 Å². The van der Waals surface area contributed by atoms with Gasteiger partial charge in [-0.15, -0.1) is 0 Å². The Hall–Kier alpha value is -0.370. The van der Waals surface area contributed by atoms with Gasteiger partial charge in [-0.2, -0.15) is 0 Å². The van der Waals surface area contributed by atoms with Crippen LogP contribution in [0.15, 0.2) is 0 Å². The molecule has 1 rings (SSSR count). The SMILES string of the molecule is CCCCC(=O)CNCC1CC1. The maximum Gasteiger partial charge on any atom is 0.146 e. The molecule has 1 fully saturated rings. The van der Waals surface area contributed by atoms with E-state index in [2.05, 4.69) is 12.2 Å². The zero-order valence-electron chi connectivity index (χ0n) is 7.94. The van der Waals surface area contributed by atoms with Gasteiger partial charge in [0, 0.05) is 6.42 Å². The summed E-state index contributed by atoms with van der Waals surface area (Å²) in [7, 11) is 0. The van der Waals surface area contributed by atoms with Crippen molar-refractivity contribution in [2.45, 2.75) is 39.0 Å². The minimum atomic E-state index is 0.373. The summed E-state index contributed by atoms with van der Waals surface area (Å²) in [4.78, 5) is 11.1. The highest BCUT2D eigenvalue weighted by Gasteiger charge is 2.20. The fourth-order valence-electron chi connectivity index (χ4n) is 1.20. The van der Waals surface area contributed by atoms with Gasteiger partial charge in [0.15, 0.2) is 0 Å². The van der Waals surface area contributed by atoms with Crippen molar-refractivity contribution < 1.29 is 4.79 Å². The lowest BCUT2D eigenvalue weighted by Crippen LogP contribution is -2.24. The molecule has 0 bridgehead atoms. The number of carbonyl (C=O) groups excluding carboxylic acids is 1. The summed E-state index contributed by atoms with van der Waals surface area (Å²) in [5.41, 5.74) is 0. The van der Waals surface area contributed by atoms with E-state index in [1.165, 1.54) is 12.8 Å². The standard InChI is InChI=1S/C10H19NO/c1-2-3-4-10(12)8-11-7-9-5-6-9/h9,11H,2-8H2,1H3. The number of hydrogen-bond acceptors (Lipinski definition) is 2. The van der Waals surface area contributed by atoms with Crippen molar-refractivity contribution in [1.82, 2.24) is 5.32 Å². The quantitative estimate of drug-likeness (QED) is 0.629. The number of carbonyl (C=O) groups is 1. The van der Waals surface area contributed by atoms with Gasteiger partial charge in [0.25, 0.3) is 0 Å². The Balaban J connectivity index is 1.86. The third-order valence-corrected chi connectivity index (χ3v) is 2.26. The summed E-state index contributed by atoms with van der Waals surface area (Å²) in [6.45, 7) is 3.76. The van der Waals surface area contributed by atoms with Crippen LogP contribution in [0.3, 0.4) is 0 Å². The highest BCUT2D eigenvalue weighted by Crippen LogP contribution is 2.27. The van der Waals surface area contributed by atoms with Crippen LogP contribution in [-0.4, -0.2) is 18.9 Å². The molecule has 0 saturated heterocycles. The lowest BCUT2D eigenvalue weighted by atomic mass is 10.2. The molecule has 0 amide bonds. The maximum absolute atomic E-state index is 11.1. The molecular weight excluding hydrogens is 150 g/mol. The Morgan fingerprint density at radius 2 is 2.25 bits per heavy atom. The molecule has 0 unspecified atom stereocenters. The molecule has 1 aliphatic carbocycles. The van der Waals surface area contributed by atoms with Crippen LogP contribution in [-0.2, 0) is 4.79 Å². The second-order valence-corrected chi connectivity index (χ2v) is 3.72. The molecule has 2 heteroatoms. The average Bonchev–Trinajstić information content (AvgIpc) is 2.84. The lowest BCUT2D eigenvalue weighted by Gasteiger charge is -2.01. The van der Waals surface area contributed by atoms with Crippen molar-refractivity contribution in [3.63, 3.8) is 0 Å². The molecule has 1 saturated carbocycles. The molecule has 1 aliphatic rings. The fraction of sp³-hybridized carbons (Fsp3) is 0.900. The molecule has 0 radical (unpaired) electrons. The molecule has 1 N–H and O–H groups in total. The fourth-order valence-corrected chi connectivity index (χ4v) is 1.20. The molecule has 0 spiro atoms. The van der Waals surface area contributed by atoms with Crippen LogP contribution >= 0.6 is 0 Å². The summed E-state index contributed by atoms with van der Waals surface area (Å²) in [6.07, 6.45) is 5.64. The van der Waals surface area contributed by atoms with Crippen molar-refractivity contribution >= 4 is 5.78 Å². The van der Waals surface area contributed by atoms with Crippen LogP contribution in [0.5, 0.6) is 0 Å². The lowest BCUT2D eigenvalue weighted by molar-refractivity contribution is -0.118. The Morgan fingerprint density at radius 3 is 2.83 bits per heavy atom. The third-order valence-electron chi connectivity index (χ3n) is 2.26. The molecule has 12 heavy (non-hydrogen) atoms. The zero-order valence-corrected chi connectivity index (χ0v) is 7.94. The van der Waals surface area contributed by atoms with Gasteiger partial charge in [-0.3, -0.25) is 4.79 Å². The Kier molecular flexibility index (Phi) is 4.30. The summed E-state index contributed by atoms with van der Waals surface area (Å²) in [6, 6.07) is 0. The Bertz CT molecular complexity index is 141. The van der Waals surface area contributed by atoms with E-state index in [1.54, 1.807) is 0 Å². The summed E-state index contributed by atoms with van der Waals surface area (Å²) in [5.74, 6) is 1.25. The second-order valence-electron chi connectivity index (χ2n) is 3.72. The largest absolute Gasteiger partial charge is 0.310 e. The van der Waals surface area contributed by atoms with Gasteiger partial charge in [0.05, 0.1) is 6.54 Å². The maximum atomic E-state index is 11.1. The molecule has 0 aromatic heterocycles. The Labute approximate surface area is 74.7 Å². The van der Waals surface area contributed by atoms with Gasteiger partial charge < -0.3 is 5.32 Å². The Morgan fingerprint density at radius 1 is 1.50 bits per heavy atom. The van der Waals surface area contributed by atoms with Gasteiger partial charge in [0.1, 0.15) is 5.78 Å². The smallest absolute Gasteiger partial charge is 0.146 e. The molecule has 0 aromatic rings. The van der Waals surface area contributed by atoms with Gasteiger partial charge in [-0.1, -0.05) is 13.3 Å². The second kappa shape index (κ2) is 5.31. The predicted octanol–water partition coefficient (Wildman–Crippen LogP) is 1.75. The van der Waals surface area contributed by atoms with Crippen LogP contribution in [0.4, 0.5) is 0 Å². The minimum absolute atomic E-state index is 0.373. The average molecular weight is 169 g/mol. The number of Topliss-reactive ketones (excluding diaryl/α,β-unsaturated/α-hetero) is 1. The van der Waals surface area contributed by atoms with Gasteiger partial charge >= 0.3 is 0 Å². The van der Waals surface area contributed by atoms with E-state index in [0.717, 1.165) is 31.7 Å². The first-order valence-corrected chi connectivity index (χ1v) is 5.05. The van der Waals surface area contributed by atoms with Crippen molar-refractivity contribution in [2.75, 3.05) is 13.1 Å². The van der Waals surface area contributed by atoms with E-state index >= 15 is 0 Å². The first-order chi connectivity index (χ1) is 5.83. The van der Waals surface area contributed by atoms with Crippen molar-refractivity contribution in [2.24, 2.45) is 5.92 Å².